The summed E-state index contributed by atoms with van der Waals surface area (Å²) in [5.74, 6) is -0.0948. The van der Waals surface area contributed by atoms with Gasteiger partial charge in [-0.15, -0.1) is 5.10 Å². The summed E-state index contributed by atoms with van der Waals surface area (Å²) in [7, 11) is 0. The molecule has 0 radical (unpaired) electrons. The molecular weight excluding hydrogens is 370 g/mol. The van der Waals surface area contributed by atoms with Crippen molar-refractivity contribution in [1.82, 2.24) is 24.9 Å². The number of benzene rings is 1. The van der Waals surface area contributed by atoms with E-state index in [2.05, 4.69) is 32.5 Å². The molecule has 1 aromatic carbocycles. The quantitative estimate of drug-likeness (QED) is 0.613. The van der Waals surface area contributed by atoms with Crippen molar-refractivity contribution in [2.75, 3.05) is 13.2 Å². The molecule has 1 fully saturated rings. The minimum atomic E-state index is -0.547. The lowest BCUT2D eigenvalue weighted by Crippen LogP contribution is -2.35. The summed E-state index contributed by atoms with van der Waals surface area (Å²) in [6.07, 6.45) is 1.98. The third-order valence-electron chi connectivity index (χ3n) is 5.19. The molecule has 0 saturated heterocycles. The molecule has 1 aliphatic carbocycles. The van der Waals surface area contributed by atoms with Crippen molar-refractivity contribution in [2.45, 2.75) is 38.5 Å². The highest BCUT2D eigenvalue weighted by molar-refractivity contribution is 5.81. The summed E-state index contributed by atoms with van der Waals surface area (Å²) in [6, 6.07) is 12.0. The average molecular weight is 393 g/mol. The molecule has 150 valence electrons. The molecule has 0 bridgehead atoms. The number of aryl methyl sites for hydroxylation is 2. The van der Waals surface area contributed by atoms with Gasteiger partial charge in [0.1, 0.15) is 6.42 Å². The van der Waals surface area contributed by atoms with E-state index in [1.54, 1.807) is 4.52 Å². The number of nitrogens with one attached hydrogen (secondary N) is 1. The molecule has 1 amide bonds. The van der Waals surface area contributed by atoms with Gasteiger partial charge in [0.15, 0.2) is 12.4 Å². The Morgan fingerprint density at radius 3 is 2.66 bits per heavy atom. The van der Waals surface area contributed by atoms with Gasteiger partial charge in [-0.1, -0.05) is 30.3 Å². The molecule has 1 saturated carbocycles. The largest absolute Gasteiger partial charge is 0.455 e. The first-order chi connectivity index (χ1) is 13.9. The van der Waals surface area contributed by atoms with Gasteiger partial charge in [0.2, 0.25) is 0 Å². The van der Waals surface area contributed by atoms with Crippen LogP contribution in [0.3, 0.4) is 0 Å². The van der Waals surface area contributed by atoms with Crippen LogP contribution in [0.25, 0.3) is 5.78 Å². The minimum Gasteiger partial charge on any atom is -0.455 e. The van der Waals surface area contributed by atoms with Gasteiger partial charge < -0.3 is 10.1 Å². The smallest absolute Gasteiger partial charge is 0.314 e. The van der Waals surface area contributed by atoms with Crippen molar-refractivity contribution in [1.29, 1.82) is 0 Å². The monoisotopic (exact) mass is 393 g/mol. The molecule has 1 aliphatic rings. The molecule has 3 aromatic rings. The van der Waals surface area contributed by atoms with E-state index in [1.807, 2.05) is 38.1 Å². The van der Waals surface area contributed by atoms with E-state index >= 15 is 0 Å². The van der Waals surface area contributed by atoms with Crippen molar-refractivity contribution >= 4 is 17.7 Å². The van der Waals surface area contributed by atoms with Gasteiger partial charge in [0.25, 0.3) is 11.7 Å². The number of rotatable bonds is 7. The lowest BCUT2D eigenvalue weighted by molar-refractivity contribution is -0.148. The first kappa shape index (κ1) is 19.0. The molecule has 4 rings (SSSR count). The number of fused-ring (bicyclic) bond motifs is 1. The van der Waals surface area contributed by atoms with E-state index in [9.17, 15) is 9.59 Å². The first-order valence-corrected chi connectivity index (χ1v) is 9.63. The Balaban J connectivity index is 1.26. The Labute approximate surface area is 168 Å². The van der Waals surface area contributed by atoms with Crippen LogP contribution in [0.15, 0.2) is 36.4 Å². The Kier molecular flexibility index (Phi) is 5.00. The average Bonchev–Trinajstić information content (AvgIpc) is 3.39. The van der Waals surface area contributed by atoms with Gasteiger partial charge in [-0.3, -0.25) is 9.59 Å². The van der Waals surface area contributed by atoms with Crippen LogP contribution in [0.1, 0.15) is 35.6 Å². The fraction of sp³-hybridized carbons (Fsp3) is 0.381. The summed E-state index contributed by atoms with van der Waals surface area (Å²) < 4.78 is 6.67. The van der Waals surface area contributed by atoms with E-state index in [0.717, 1.165) is 24.2 Å². The van der Waals surface area contributed by atoms with Crippen LogP contribution < -0.4 is 5.32 Å². The summed E-state index contributed by atoms with van der Waals surface area (Å²) in [5.41, 5.74) is 2.96. The van der Waals surface area contributed by atoms with Crippen molar-refractivity contribution in [2.24, 2.45) is 0 Å². The maximum absolute atomic E-state index is 12.1. The number of amides is 1. The Bertz CT molecular complexity index is 1060. The van der Waals surface area contributed by atoms with Crippen LogP contribution in [-0.2, 0) is 26.2 Å². The number of carbonyl (C=O) groups excluding carboxylic acids is 2. The molecule has 0 unspecified atom stereocenters. The Morgan fingerprint density at radius 2 is 1.93 bits per heavy atom. The van der Waals surface area contributed by atoms with Crippen LogP contribution in [0.5, 0.6) is 0 Å². The third kappa shape index (κ3) is 4.26. The maximum Gasteiger partial charge on any atom is 0.314 e. The number of carbonyl (C=O) groups is 2. The van der Waals surface area contributed by atoms with E-state index in [-0.39, 0.29) is 24.3 Å². The standard InChI is InChI=1S/C21H23N5O3/c1-14-10-15(2)26-20(23-14)24-17(25-26)11-19(28)29-12-18(27)22-13-21(8-9-21)16-6-4-3-5-7-16/h3-7,10H,8-9,11-13H2,1-2H3,(H,22,27). The highest BCUT2D eigenvalue weighted by atomic mass is 16.5. The minimum absolute atomic E-state index is 0.0182. The zero-order valence-corrected chi connectivity index (χ0v) is 16.5. The zero-order chi connectivity index (χ0) is 20.4. The SMILES string of the molecule is Cc1cc(C)n2nc(CC(=O)OCC(=O)NCC3(c4ccccc4)CC3)nc2n1. The van der Waals surface area contributed by atoms with Crippen molar-refractivity contribution in [3.63, 3.8) is 0 Å². The van der Waals surface area contributed by atoms with Crippen LogP contribution in [0.4, 0.5) is 0 Å². The number of ether oxygens (including phenoxy) is 1. The molecule has 0 atom stereocenters. The second-order valence-corrected chi connectivity index (χ2v) is 7.54. The highest BCUT2D eigenvalue weighted by Crippen LogP contribution is 2.47. The van der Waals surface area contributed by atoms with E-state index in [0.29, 0.717) is 18.1 Å². The van der Waals surface area contributed by atoms with E-state index in [1.165, 1.54) is 5.56 Å². The van der Waals surface area contributed by atoms with Gasteiger partial charge in [-0.25, -0.2) is 9.50 Å². The van der Waals surface area contributed by atoms with E-state index in [4.69, 9.17) is 4.74 Å². The predicted octanol–water partition coefficient (Wildman–Crippen LogP) is 1.67. The second kappa shape index (κ2) is 7.62. The number of esters is 1. The molecule has 2 heterocycles. The molecule has 0 spiro atoms. The number of aromatic nitrogens is 4. The summed E-state index contributed by atoms with van der Waals surface area (Å²) >= 11 is 0. The van der Waals surface area contributed by atoms with Gasteiger partial charge in [0.05, 0.1) is 0 Å². The highest BCUT2D eigenvalue weighted by Gasteiger charge is 2.44. The summed E-state index contributed by atoms with van der Waals surface area (Å²) in [4.78, 5) is 32.7. The first-order valence-electron chi connectivity index (χ1n) is 9.63. The third-order valence-corrected chi connectivity index (χ3v) is 5.19. The zero-order valence-electron chi connectivity index (χ0n) is 16.5. The maximum atomic E-state index is 12.1. The molecule has 1 N–H and O–H groups in total. The molecule has 8 nitrogen and oxygen atoms in total. The van der Waals surface area contributed by atoms with Crippen LogP contribution in [-0.4, -0.2) is 44.6 Å². The Morgan fingerprint density at radius 1 is 1.17 bits per heavy atom. The molecule has 0 aliphatic heterocycles. The molecular formula is C21H23N5O3. The molecule has 8 heteroatoms. The number of nitrogens with zero attached hydrogens (tertiary/aromatic N) is 4. The fourth-order valence-corrected chi connectivity index (χ4v) is 3.44. The van der Waals surface area contributed by atoms with Crippen LogP contribution in [0.2, 0.25) is 0 Å². The Hall–Kier alpha value is -3.29. The lowest BCUT2D eigenvalue weighted by atomic mass is 9.96. The molecule has 29 heavy (non-hydrogen) atoms. The van der Waals surface area contributed by atoms with Gasteiger partial charge in [0, 0.05) is 23.3 Å². The van der Waals surface area contributed by atoms with Crippen molar-refractivity contribution in [3.8, 4) is 0 Å². The van der Waals surface area contributed by atoms with Crippen molar-refractivity contribution < 1.29 is 14.3 Å². The predicted molar refractivity (Wildman–Crippen MR) is 105 cm³/mol. The normalized spacial score (nSPS) is 14.6. The second-order valence-electron chi connectivity index (χ2n) is 7.54. The van der Waals surface area contributed by atoms with E-state index < -0.39 is 5.97 Å². The van der Waals surface area contributed by atoms with Crippen LogP contribution in [0, 0.1) is 13.8 Å². The van der Waals surface area contributed by atoms with Crippen LogP contribution >= 0.6 is 0 Å². The molecule has 2 aromatic heterocycles. The summed E-state index contributed by atoms with van der Waals surface area (Å²) in [5, 5.41) is 7.15. The summed E-state index contributed by atoms with van der Waals surface area (Å²) in [6.45, 7) is 4.00. The number of hydrogen-bond acceptors (Lipinski definition) is 6. The number of hydrogen-bond donors (Lipinski definition) is 1. The van der Waals surface area contributed by atoms with Gasteiger partial charge in [-0.2, -0.15) is 4.98 Å². The van der Waals surface area contributed by atoms with Gasteiger partial charge >= 0.3 is 5.97 Å². The van der Waals surface area contributed by atoms with Gasteiger partial charge in [-0.05, 0) is 38.3 Å². The fourth-order valence-electron chi connectivity index (χ4n) is 3.44. The lowest BCUT2D eigenvalue weighted by Gasteiger charge is -2.16. The topological polar surface area (TPSA) is 98.5 Å². The van der Waals surface area contributed by atoms with Crippen molar-refractivity contribution in [3.05, 3.63) is 59.2 Å².